The molecule has 28 heavy (non-hydrogen) atoms. The first-order valence-corrected chi connectivity index (χ1v) is 9.61. The highest BCUT2D eigenvalue weighted by Crippen LogP contribution is 2.32. The van der Waals surface area contributed by atoms with Gasteiger partial charge in [-0.15, -0.1) is 0 Å². The summed E-state index contributed by atoms with van der Waals surface area (Å²) in [5.41, 5.74) is 0.996. The molecule has 0 aliphatic carbocycles. The fourth-order valence-corrected chi connectivity index (χ4v) is 3.61. The standard InChI is InChI=1S/C20H20N2O5S/c23-13-15(11-14-5-2-1-3-6-14)21-18(24)8-9-22-19(25)17(28-20(22)26)12-16-7-4-10-27-16/h1-7,10,12,15,23H,8-9,11,13H2,(H,21,24)/t15-/m1/s1. The second kappa shape index (κ2) is 9.38. The van der Waals surface area contributed by atoms with Gasteiger partial charge in [-0.05, 0) is 35.9 Å². The van der Waals surface area contributed by atoms with Gasteiger partial charge in [0.25, 0.3) is 11.1 Å². The maximum absolute atomic E-state index is 12.4. The fraction of sp³-hybridized carbons (Fsp3) is 0.250. The number of hydrogen-bond donors (Lipinski definition) is 2. The quantitative estimate of drug-likeness (QED) is 0.660. The molecule has 2 N–H and O–H groups in total. The van der Waals surface area contributed by atoms with E-state index in [0.717, 1.165) is 22.2 Å². The number of carbonyl (C=O) groups excluding carboxylic acids is 3. The molecule has 1 aliphatic heterocycles. The van der Waals surface area contributed by atoms with Crippen LogP contribution in [0.5, 0.6) is 0 Å². The summed E-state index contributed by atoms with van der Waals surface area (Å²) >= 11 is 0.819. The van der Waals surface area contributed by atoms with E-state index in [2.05, 4.69) is 5.32 Å². The van der Waals surface area contributed by atoms with Gasteiger partial charge in [-0.3, -0.25) is 19.3 Å². The molecule has 146 valence electrons. The van der Waals surface area contributed by atoms with Crippen molar-refractivity contribution >= 4 is 34.9 Å². The zero-order chi connectivity index (χ0) is 19.9. The number of aliphatic hydroxyl groups excluding tert-OH is 1. The highest BCUT2D eigenvalue weighted by Gasteiger charge is 2.35. The predicted molar refractivity (Wildman–Crippen MR) is 105 cm³/mol. The van der Waals surface area contributed by atoms with E-state index >= 15 is 0 Å². The van der Waals surface area contributed by atoms with Crippen LogP contribution in [-0.2, 0) is 16.0 Å². The number of rotatable bonds is 8. The van der Waals surface area contributed by atoms with Gasteiger partial charge in [0.05, 0.1) is 23.8 Å². The molecule has 7 nitrogen and oxygen atoms in total. The van der Waals surface area contributed by atoms with Crippen LogP contribution in [0.4, 0.5) is 4.79 Å². The number of nitrogens with zero attached hydrogens (tertiary/aromatic N) is 1. The molecule has 1 aliphatic rings. The number of amides is 3. The van der Waals surface area contributed by atoms with E-state index < -0.39 is 17.2 Å². The molecule has 0 spiro atoms. The molecule has 1 atom stereocenters. The number of imide groups is 1. The number of benzene rings is 1. The molecule has 1 fully saturated rings. The zero-order valence-electron chi connectivity index (χ0n) is 15.0. The van der Waals surface area contributed by atoms with Crippen LogP contribution in [0.15, 0.2) is 58.1 Å². The number of thioether (sulfide) groups is 1. The van der Waals surface area contributed by atoms with Crippen molar-refractivity contribution in [3.8, 4) is 0 Å². The second-order valence-electron chi connectivity index (χ2n) is 6.24. The molecule has 1 saturated heterocycles. The van der Waals surface area contributed by atoms with Gasteiger partial charge in [-0.25, -0.2) is 0 Å². The average Bonchev–Trinajstić information content (AvgIpc) is 3.29. The third kappa shape index (κ3) is 5.11. The SMILES string of the molecule is O=C(CCN1C(=O)SC(=Cc2ccco2)C1=O)N[C@@H](CO)Cc1ccccc1. The first kappa shape index (κ1) is 19.9. The highest BCUT2D eigenvalue weighted by molar-refractivity contribution is 8.18. The molecule has 3 rings (SSSR count). The van der Waals surface area contributed by atoms with Crippen LogP contribution in [0.3, 0.4) is 0 Å². The van der Waals surface area contributed by atoms with E-state index in [9.17, 15) is 19.5 Å². The first-order chi connectivity index (χ1) is 13.6. The molecule has 3 amide bonds. The molecule has 2 aromatic rings. The molecule has 0 bridgehead atoms. The Morgan fingerprint density at radius 2 is 2.00 bits per heavy atom. The van der Waals surface area contributed by atoms with Crippen molar-refractivity contribution in [2.24, 2.45) is 0 Å². The summed E-state index contributed by atoms with van der Waals surface area (Å²) in [7, 11) is 0. The predicted octanol–water partition coefficient (Wildman–Crippen LogP) is 2.43. The van der Waals surface area contributed by atoms with Crippen LogP contribution in [0.2, 0.25) is 0 Å². The Kier molecular flexibility index (Phi) is 6.67. The maximum atomic E-state index is 12.4. The monoisotopic (exact) mass is 400 g/mol. The Morgan fingerprint density at radius 1 is 1.21 bits per heavy atom. The van der Waals surface area contributed by atoms with E-state index in [-0.39, 0.29) is 30.4 Å². The van der Waals surface area contributed by atoms with Crippen LogP contribution in [-0.4, -0.2) is 46.3 Å². The molecule has 0 unspecified atom stereocenters. The number of carbonyl (C=O) groups is 3. The van der Waals surface area contributed by atoms with Gasteiger partial charge in [0.15, 0.2) is 0 Å². The van der Waals surface area contributed by atoms with E-state index in [0.29, 0.717) is 12.2 Å². The molecule has 0 saturated carbocycles. The van der Waals surface area contributed by atoms with Crippen molar-refractivity contribution in [3.05, 3.63) is 65.0 Å². The van der Waals surface area contributed by atoms with Crippen molar-refractivity contribution in [2.75, 3.05) is 13.2 Å². The van der Waals surface area contributed by atoms with Gasteiger partial charge >= 0.3 is 0 Å². The largest absolute Gasteiger partial charge is 0.465 e. The van der Waals surface area contributed by atoms with Crippen molar-refractivity contribution in [2.45, 2.75) is 18.9 Å². The lowest BCUT2D eigenvalue weighted by Gasteiger charge is -2.18. The van der Waals surface area contributed by atoms with E-state index in [1.54, 1.807) is 12.1 Å². The van der Waals surface area contributed by atoms with Crippen molar-refractivity contribution in [1.82, 2.24) is 10.2 Å². The van der Waals surface area contributed by atoms with Gasteiger partial charge in [0.2, 0.25) is 5.91 Å². The van der Waals surface area contributed by atoms with Crippen LogP contribution in [0.1, 0.15) is 17.7 Å². The lowest BCUT2D eigenvalue weighted by molar-refractivity contribution is -0.124. The maximum Gasteiger partial charge on any atom is 0.293 e. The van der Waals surface area contributed by atoms with Crippen molar-refractivity contribution in [3.63, 3.8) is 0 Å². The minimum Gasteiger partial charge on any atom is -0.465 e. The lowest BCUT2D eigenvalue weighted by Crippen LogP contribution is -2.41. The molecule has 1 aromatic carbocycles. The Balaban J connectivity index is 1.52. The smallest absolute Gasteiger partial charge is 0.293 e. The second-order valence-corrected chi connectivity index (χ2v) is 7.23. The lowest BCUT2D eigenvalue weighted by atomic mass is 10.1. The minimum atomic E-state index is -0.442. The Bertz CT molecular complexity index is 864. The highest BCUT2D eigenvalue weighted by atomic mass is 32.2. The molecule has 2 heterocycles. The number of furan rings is 1. The fourth-order valence-electron chi connectivity index (χ4n) is 2.77. The molecular weight excluding hydrogens is 380 g/mol. The van der Waals surface area contributed by atoms with Gasteiger partial charge in [-0.1, -0.05) is 30.3 Å². The Morgan fingerprint density at radius 3 is 2.68 bits per heavy atom. The summed E-state index contributed by atoms with van der Waals surface area (Å²) in [4.78, 5) is 38.0. The van der Waals surface area contributed by atoms with Crippen LogP contribution >= 0.6 is 11.8 Å². The van der Waals surface area contributed by atoms with Gasteiger partial charge in [0, 0.05) is 19.0 Å². The van der Waals surface area contributed by atoms with E-state index in [1.165, 1.54) is 12.3 Å². The summed E-state index contributed by atoms with van der Waals surface area (Å²) in [6.07, 6.45) is 3.45. The topological polar surface area (TPSA) is 99.9 Å². The van der Waals surface area contributed by atoms with Crippen molar-refractivity contribution < 1.29 is 23.9 Å². The molecule has 8 heteroatoms. The van der Waals surface area contributed by atoms with E-state index in [1.807, 2.05) is 30.3 Å². The van der Waals surface area contributed by atoms with Gasteiger partial charge in [-0.2, -0.15) is 0 Å². The third-order valence-electron chi connectivity index (χ3n) is 4.16. The minimum absolute atomic E-state index is 0.0184. The molecule has 0 radical (unpaired) electrons. The summed E-state index contributed by atoms with van der Waals surface area (Å²) in [6, 6.07) is 12.5. The molecular formula is C20H20N2O5S. The first-order valence-electron chi connectivity index (χ1n) is 8.80. The number of hydrogen-bond acceptors (Lipinski definition) is 6. The van der Waals surface area contributed by atoms with Crippen molar-refractivity contribution in [1.29, 1.82) is 0 Å². The summed E-state index contributed by atoms with van der Waals surface area (Å²) in [5.74, 6) is -0.291. The summed E-state index contributed by atoms with van der Waals surface area (Å²) < 4.78 is 5.16. The Labute approximate surface area is 166 Å². The Hall–Kier alpha value is -2.84. The van der Waals surface area contributed by atoms with Gasteiger partial charge < -0.3 is 14.8 Å². The van der Waals surface area contributed by atoms with E-state index in [4.69, 9.17) is 4.42 Å². The molecule has 1 aromatic heterocycles. The normalized spacial score (nSPS) is 16.6. The van der Waals surface area contributed by atoms with Crippen LogP contribution < -0.4 is 5.32 Å². The third-order valence-corrected chi connectivity index (χ3v) is 5.07. The number of aliphatic hydroxyl groups is 1. The van der Waals surface area contributed by atoms with Gasteiger partial charge in [0.1, 0.15) is 5.76 Å². The van der Waals surface area contributed by atoms with Crippen LogP contribution in [0, 0.1) is 0 Å². The summed E-state index contributed by atoms with van der Waals surface area (Å²) in [6.45, 7) is -0.219. The number of nitrogens with one attached hydrogen (secondary N) is 1. The average molecular weight is 400 g/mol. The van der Waals surface area contributed by atoms with Crippen LogP contribution in [0.25, 0.3) is 6.08 Å². The summed E-state index contributed by atoms with van der Waals surface area (Å²) in [5, 5.41) is 11.8. The zero-order valence-corrected chi connectivity index (χ0v) is 15.9.